The molecule has 3 rings (SSSR count). The van der Waals surface area contributed by atoms with Gasteiger partial charge in [-0.05, 0) is 6.42 Å². The fourth-order valence-electron chi connectivity index (χ4n) is 1.87. The zero-order valence-corrected chi connectivity index (χ0v) is 8.01. The molecule has 2 aromatic heterocycles. The predicted octanol–water partition coefficient (Wildman–Crippen LogP) is -0.252. The first-order valence-corrected chi connectivity index (χ1v) is 4.90. The number of nitrogens with zero attached hydrogens (tertiary/aromatic N) is 3. The topological polar surface area (TPSA) is 86.7 Å². The first-order chi connectivity index (χ1) is 7.33. The highest BCUT2D eigenvalue weighted by Gasteiger charge is 2.25. The molecule has 3 N–H and O–H groups in total. The lowest BCUT2D eigenvalue weighted by molar-refractivity contribution is 0.193. The van der Waals surface area contributed by atoms with Gasteiger partial charge in [-0.3, -0.25) is 0 Å². The van der Waals surface area contributed by atoms with Gasteiger partial charge in [-0.25, -0.2) is 15.0 Å². The van der Waals surface area contributed by atoms with Crippen molar-refractivity contribution in [3.05, 3.63) is 18.3 Å². The van der Waals surface area contributed by atoms with Gasteiger partial charge in [0.25, 0.3) is 0 Å². The lowest BCUT2D eigenvalue weighted by Gasteiger charge is -2.04. The zero-order chi connectivity index (χ0) is 10.3. The molecule has 0 unspecified atom stereocenters. The maximum Gasteiger partial charge on any atom is 0.180 e. The third kappa shape index (κ3) is 1.47. The van der Waals surface area contributed by atoms with Crippen LogP contribution in [-0.4, -0.2) is 37.7 Å². The van der Waals surface area contributed by atoms with Crippen LogP contribution in [0.15, 0.2) is 12.5 Å². The Kier molecular flexibility index (Phi) is 1.90. The number of H-pyrrole nitrogens is 1. The highest BCUT2D eigenvalue weighted by molar-refractivity contribution is 5.68. The van der Waals surface area contributed by atoms with Crippen LogP contribution in [0.2, 0.25) is 0 Å². The van der Waals surface area contributed by atoms with Gasteiger partial charge in [-0.1, -0.05) is 0 Å². The Balaban J connectivity index is 1.98. The van der Waals surface area contributed by atoms with Gasteiger partial charge in [-0.15, -0.1) is 0 Å². The number of imidazole rings is 1. The zero-order valence-electron chi connectivity index (χ0n) is 8.01. The van der Waals surface area contributed by atoms with Gasteiger partial charge in [0.2, 0.25) is 0 Å². The average Bonchev–Trinajstić information content (AvgIpc) is 2.82. The van der Waals surface area contributed by atoms with E-state index < -0.39 is 0 Å². The van der Waals surface area contributed by atoms with Gasteiger partial charge < -0.3 is 15.4 Å². The summed E-state index contributed by atoms with van der Waals surface area (Å²) >= 11 is 0. The van der Waals surface area contributed by atoms with Crippen LogP contribution in [0, 0.1) is 0 Å². The molecule has 2 aromatic rings. The molecule has 3 heterocycles. The van der Waals surface area contributed by atoms with Gasteiger partial charge in [0.05, 0.1) is 18.3 Å². The lowest BCUT2D eigenvalue weighted by atomic mass is 10.2. The van der Waals surface area contributed by atoms with Crippen LogP contribution < -0.4 is 5.32 Å². The average molecular weight is 205 g/mol. The van der Waals surface area contributed by atoms with Crippen molar-refractivity contribution in [1.29, 1.82) is 0 Å². The summed E-state index contributed by atoms with van der Waals surface area (Å²) in [6.45, 7) is 0.618. The maximum absolute atomic E-state index is 9.40. The van der Waals surface area contributed by atoms with Crippen molar-refractivity contribution in [1.82, 2.24) is 25.3 Å². The molecule has 1 aliphatic rings. The van der Waals surface area contributed by atoms with Crippen molar-refractivity contribution in [2.75, 3.05) is 6.54 Å². The molecule has 1 fully saturated rings. The Morgan fingerprint density at radius 2 is 2.40 bits per heavy atom. The number of aliphatic hydroxyl groups excluding tert-OH is 1. The van der Waals surface area contributed by atoms with Gasteiger partial charge in [0.1, 0.15) is 17.7 Å². The smallest absolute Gasteiger partial charge is 0.180 e. The van der Waals surface area contributed by atoms with Gasteiger partial charge in [0.15, 0.2) is 5.65 Å². The van der Waals surface area contributed by atoms with Gasteiger partial charge in [0, 0.05) is 6.54 Å². The summed E-state index contributed by atoms with van der Waals surface area (Å²) in [7, 11) is 0. The summed E-state index contributed by atoms with van der Waals surface area (Å²) < 4.78 is 0. The number of nitrogens with one attached hydrogen (secondary N) is 2. The number of aliphatic hydroxyl groups is 1. The molecular weight excluding hydrogens is 194 g/mol. The summed E-state index contributed by atoms with van der Waals surface area (Å²) in [4.78, 5) is 15.5. The van der Waals surface area contributed by atoms with Crippen LogP contribution >= 0.6 is 0 Å². The van der Waals surface area contributed by atoms with Crippen LogP contribution in [0.3, 0.4) is 0 Å². The molecule has 0 saturated carbocycles. The van der Waals surface area contributed by atoms with E-state index in [1.807, 2.05) is 0 Å². The molecule has 0 aromatic carbocycles. The number of hydrogen-bond donors (Lipinski definition) is 3. The van der Waals surface area contributed by atoms with E-state index >= 15 is 0 Å². The van der Waals surface area contributed by atoms with Crippen molar-refractivity contribution in [2.45, 2.75) is 18.6 Å². The Labute approximate surface area is 85.8 Å². The minimum atomic E-state index is -0.283. The number of aromatic amines is 1. The largest absolute Gasteiger partial charge is 0.392 e. The van der Waals surface area contributed by atoms with Gasteiger partial charge >= 0.3 is 0 Å². The predicted molar refractivity (Wildman–Crippen MR) is 53.1 cm³/mol. The minimum absolute atomic E-state index is 0.0919. The Hall–Kier alpha value is -1.53. The molecule has 0 radical (unpaired) electrons. The maximum atomic E-state index is 9.40. The SMILES string of the molecule is O[C@@H]1CN[C@@H](c2nc3ncncc3[nH]2)C1. The van der Waals surface area contributed by atoms with Crippen molar-refractivity contribution < 1.29 is 5.11 Å². The minimum Gasteiger partial charge on any atom is -0.392 e. The highest BCUT2D eigenvalue weighted by Crippen LogP contribution is 2.22. The Bertz CT molecular complexity index is 449. The van der Waals surface area contributed by atoms with Crippen LogP contribution in [0.5, 0.6) is 0 Å². The standard InChI is InChI=1S/C9H11N5O/c15-5-1-6(11-2-5)9-13-7-3-10-4-12-8(7)14-9/h3-6,11,15H,1-2H2,(H,10,12,13,14)/t5-,6+/m0/s1. The van der Waals surface area contributed by atoms with E-state index in [1.165, 1.54) is 6.33 Å². The molecule has 15 heavy (non-hydrogen) atoms. The second-order valence-electron chi connectivity index (χ2n) is 3.73. The van der Waals surface area contributed by atoms with E-state index in [0.29, 0.717) is 18.6 Å². The van der Waals surface area contributed by atoms with E-state index in [9.17, 15) is 5.11 Å². The van der Waals surface area contributed by atoms with Crippen molar-refractivity contribution in [3.63, 3.8) is 0 Å². The van der Waals surface area contributed by atoms with E-state index in [1.54, 1.807) is 6.20 Å². The van der Waals surface area contributed by atoms with Crippen molar-refractivity contribution in [3.8, 4) is 0 Å². The molecule has 2 atom stereocenters. The van der Waals surface area contributed by atoms with E-state index in [4.69, 9.17) is 0 Å². The fraction of sp³-hybridized carbons (Fsp3) is 0.444. The second kappa shape index (κ2) is 3.25. The molecule has 0 aliphatic carbocycles. The highest BCUT2D eigenvalue weighted by atomic mass is 16.3. The molecule has 0 amide bonds. The summed E-state index contributed by atoms with van der Waals surface area (Å²) in [6, 6.07) is 0.0919. The molecule has 0 bridgehead atoms. The van der Waals surface area contributed by atoms with Crippen molar-refractivity contribution >= 4 is 11.2 Å². The Morgan fingerprint density at radius 3 is 3.13 bits per heavy atom. The fourth-order valence-corrected chi connectivity index (χ4v) is 1.87. The monoisotopic (exact) mass is 205 g/mol. The summed E-state index contributed by atoms with van der Waals surface area (Å²) in [5, 5.41) is 12.6. The molecule has 6 heteroatoms. The normalized spacial score (nSPS) is 26.2. The Morgan fingerprint density at radius 1 is 1.47 bits per heavy atom. The third-order valence-electron chi connectivity index (χ3n) is 2.62. The molecular formula is C9H11N5O. The number of fused-ring (bicyclic) bond motifs is 1. The lowest BCUT2D eigenvalue weighted by Crippen LogP contribution is -2.15. The van der Waals surface area contributed by atoms with Crippen LogP contribution in [0.4, 0.5) is 0 Å². The number of hydrogen-bond acceptors (Lipinski definition) is 5. The van der Waals surface area contributed by atoms with Crippen LogP contribution in [-0.2, 0) is 0 Å². The number of rotatable bonds is 1. The summed E-state index contributed by atoms with van der Waals surface area (Å²) in [6.07, 6.45) is 3.58. The molecule has 0 spiro atoms. The van der Waals surface area contributed by atoms with Crippen LogP contribution in [0.1, 0.15) is 18.3 Å². The number of aromatic nitrogens is 4. The molecule has 78 valence electrons. The van der Waals surface area contributed by atoms with E-state index in [0.717, 1.165) is 11.3 Å². The summed E-state index contributed by atoms with van der Waals surface area (Å²) in [5.74, 6) is 0.821. The molecule has 1 aliphatic heterocycles. The molecule has 1 saturated heterocycles. The molecule has 6 nitrogen and oxygen atoms in total. The summed E-state index contributed by atoms with van der Waals surface area (Å²) in [5.41, 5.74) is 1.50. The first-order valence-electron chi connectivity index (χ1n) is 4.90. The van der Waals surface area contributed by atoms with E-state index in [2.05, 4.69) is 25.3 Å². The van der Waals surface area contributed by atoms with Crippen LogP contribution in [0.25, 0.3) is 11.2 Å². The first kappa shape index (κ1) is 8.75. The van der Waals surface area contributed by atoms with E-state index in [-0.39, 0.29) is 12.1 Å². The number of β-amino-alcohol motifs (C(OH)–C–C–N with tert-alkyl or cyclic N) is 1. The third-order valence-corrected chi connectivity index (χ3v) is 2.62. The van der Waals surface area contributed by atoms with Crippen molar-refractivity contribution in [2.24, 2.45) is 0 Å². The van der Waals surface area contributed by atoms with Gasteiger partial charge in [-0.2, -0.15) is 0 Å². The second-order valence-corrected chi connectivity index (χ2v) is 3.73. The quantitative estimate of drug-likeness (QED) is 0.597.